The van der Waals surface area contributed by atoms with Crippen molar-refractivity contribution in [2.75, 3.05) is 35.5 Å². The number of halogens is 2. The van der Waals surface area contributed by atoms with Gasteiger partial charge in [-0.15, -0.1) is 35.0 Å². The molecule has 0 unspecified atom stereocenters. The standard InChI is InChI=1S/C31H41Cl2NO4S/c1-29-11-9-22(35)17-20(29)3-8-24-25-10-12-31(38,30(25,2)18-26(36)28(24)29)27(37)19-39-23-6-4-21(5-7-23)34(15-13-32)16-14-33/h4-7,17,24-26,28,36,38H,3,8-16,18-19H2,1-2H3/t24-,25-,26-,28+,29-,30-,31-/m0/s1. The van der Waals surface area contributed by atoms with Crippen molar-refractivity contribution in [2.45, 2.75) is 75.4 Å². The highest BCUT2D eigenvalue weighted by molar-refractivity contribution is 8.00. The molecule has 0 heterocycles. The van der Waals surface area contributed by atoms with Crippen molar-refractivity contribution in [1.82, 2.24) is 0 Å². The number of nitrogens with zero attached hydrogens (tertiary/aromatic N) is 1. The van der Waals surface area contributed by atoms with E-state index in [4.69, 9.17) is 23.2 Å². The highest BCUT2D eigenvalue weighted by atomic mass is 35.5. The quantitative estimate of drug-likeness (QED) is 0.275. The topological polar surface area (TPSA) is 77.8 Å². The summed E-state index contributed by atoms with van der Waals surface area (Å²) < 4.78 is 0. The van der Waals surface area contributed by atoms with Crippen LogP contribution in [0.25, 0.3) is 0 Å². The lowest BCUT2D eigenvalue weighted by Crippen LogP contribution is -2.61. The SMILES string of the molecule is C[C@]12CCC(=O)C=C1CC[C@@H]1[C@@H]2[C@@H](O)C[C@@]2(C)[C@H]1CC[C@]2(O)C(=O)CSc1ccc(N(CCCl)CCCl)cc1. The third-order valence-corrected chi connectivity index (χ3v) is 12.1. The molecule has 7 atom stereocenters. The number of anilines is 1. The number of benzene rings is 1. The monoisotopic (exact) mass is 593 g/mol. The van der Waals surface area contributed by atoms with E-state index < -0.39 is 17.1 Å². The van der Waals surface area contributed by atoms with Gasteiger partial charge in [0.05, 0.1) is 11.9 Å². The van der Waals surface area contributed by atoms with Gasteiger partial charge in [0.1, 0.15) is 5.60 Å². The Hall–Kier alpha value is -1.05. The highest BCUT2D eigenvalue weighted by Crippen LogP contribution is 2.67. The molecule has 0 aliphatic heterocycles. The first-order chi connectivity index (χ1) is 18.6. The number of Topliss-reactive ketones (excluding diaryl/α,β-unsaturated/α-hetero) is 1. The molecule has 214 valence electrons. The third kappa shape index (κ3) is 5.01. The number of ketones is 2. The van der Waals surface area contributed by atoms with Crippen LogP contribution in [0.2, 0.25) is 0 Å². The molecule has 0 bridgehead atoms. The van der Waals surface area contributed by atoms with Crippen molar-refractivity contribution in [3.05, 3.63) is 35.9 Å². The van der Waals surface area contributed by atoms with Gasteiger partial charge in [-0.1, -0.05) is 19.4 Å². The lowest BCUT2D eigenvalue weighted by atomic mass is 9.45. The Morgan fingerprint density at radius 3 is 2.44 bits per heavy atom. The van der Waals surface area contributed by atoms with Crippen molar-refractivity contribution in [2.24, 2.45) is 28.6 Å². The van der Waals surface area contributed by atoms with Crippen molar-refractivity contribution < 1.29 is 19.8 Å². The molecule has 0 amide bonds. The van der Waals surface area contributed by atoms with Gasteiger partial charge in [-0.25, -0.2) is 0 Å². The minimum Gasteiger partial charge on any atom is -0.393 e. The number of hydrogen-bond donors (Lipinski definition) is 2. The molecule has 0 saturated heterocycles. The number of carbonyl (C=O) groups is 2. The Bertz CT molecular complexity index is 1120. The summed E-state index contributed by atoms with van der Waals surface area (Å²) in [6, 6.07) is 8.06. The Morgan fingerprint density at radius 1 is 1.08 bits per heavy atom. The van der Waals surface area contributed by atoms with Gasteiger partial charge in [-0.2, -0.15) is 0 Å². The molecule has 0 aromatic heterocycles. The Kier molecular flexibility index (Phi) is 8.55. The van der Waals surface area contributed by atoms with Crippen molar-refractivity contribution in [3.63, 3.8) is 0 Å². The lowest BCUT2D eigenvalue weighted by Gasteiger charge is -2.60. The van der Waals surface area contributed by atoms with Crippen LogP contribution in [0.4, 0.5) is 5.69 Å². The molecular weight excluding hydrogens is 553 g/mol. The largest absolute Gasteiger partial charge is 0.393 e. The van der Waals surface area contributed by atoms with E-state index in [1.165, 1.54) is 17.3 Å². The molecule has 2 N–H and O–H groups in total. The van der Waals surface area contributed by atoms with Crippen molar-refractivity contribution in [3.8, 4) is 0 Å². The van der Waals surface area contributed by atoms with Gasteiger partial charge < -0.3 is 15.1 Å². The van der Waals surface area contributed by atoms with Crippen molar-refractivity contribution >= 4 is 52.2 Å². The van der Waals surface area contributed by atoms with Crippen LogP contribution in [0.3, 0.4) is 0 Å². The van der Waals surface area contributed by atoms with E-state index in [1.54, 1.807) is 0 Å². The molecule has 39 heavy (non-hydrogen) atoms. The smallest absolute Gasteiger partial charge is 0.175 e. The lowest BCUT2D eigenvalue weighted by molar-refractivity contribution is -0.178. The number of allylic oxidation sites excluding steroid dienone is 1. The van der Waals surface area contributed by atoms with E-state index >= 15 is 0 Å². The van der Waals surface area contributed by atoms with Crippen LogP contribution in [0.15, 0.2) is 40.8 Å². The van der Waals surface area contributed by atoms with E-state index in [0.29, 0.717) is 44.1 Å². The predicted octanol–water partition coefficient (Wildman–Crippen LogP) is 5.87. The first kappa shape index (κ1) is 29.4. The molecule has 4 aliphatic rings. The predicted molar refractivity (Wildman–Crippen MR) is 159 cm³/mol. The van der Waals surface area contributed by atoms with Gasteiger partial charge >= 0.3 is 0 Å². The first-order valence-corrected chi connectivity index (χ1v) is 16.4. The maximum Gasteiger partial charge on any atom is 0.175 e. The summed E-state index contributed by atoms with van der Waals surface area (Å²) in [4.78, 5) is 29.0. The maximum atomic E-state index is 13.7. The number of rotatable bonds is 9. The molecule has 5 rings (SSSR count). The van der Waals surface area contributed by atoms with Gasteiger partial charge in [0.25, 0.3) is 0 Å². The number of thioether (sulfide) groups is 1. The summed E-state index contributed by atoms with van der Waals surface area (Å²) in [5, 5.41) is 23.6. The van der Waals surface area contributed by atoms with Crippen LogP contribution in [0.1, 0.15) is 58.8 Å². The van der Waals surface area contributed by atoms with Gasteiger partial charge in [0, 0.05) is 47.3 Å². The minimum absolute atomic E-state index is 0.0752. The summed E-state index contributed by atoms with van der Waals surface area (Å²) >= 11 is 13.3. The molecule has 3 saturated carbocycles. The van der Waals surface area contributed by atoms with Gasteiger partial charge in [-0.05, 0) is 92.0 Å². The van der Waals surface area contributed by atoms with E-state index in [0.717, 1.165) is 36.3 Å². The van der Waals surface area contributed by atoms with E-state index in [-0.39, 0.29) is 40.5 Å². The Labute approximate surface area is 246 Å². The molecule has 1 aromatic carbocycles. The van der Waals surface area contributed by atoms with Crippen LogP contribution < -0.4 is 4.90 Å². The number of aliphatic hydroxyl groups is 2. The number of aliphatic hydroxyl groups excluding tert-OH is 1. The van der Waals surface area contributed by atoms with E-state index in [2.05, 4.69) is 11.8 Å². The average molecular weight is 595 g/mol. The minimum atomic E-state index is -1.44. The van der Waals surface area contributed by atoms with Crippen LogP contribution in [-0.2, 0) is 9.59 Å². The molecule has 0 spiro atoms. The Balaban J connectivity index is 1.29. The highest BCUT2D eigenvalue weighted by Gasteiger charge is 2.68. The summed E-state index contributed by atoms with van der Waals surface area (Å²) in [5.74, 6) is 1.82. The summed E-state index contributed by atoms with van der Waals surface area (Å²) in [7, 11) is 0. The normalized spacial score (nSPS) is 37.5. The molecule has 4 aliphatic carbocycles. The summed E-state index contributed by atoms with van der Waals surface area (Å²) in [6.45, 7) is 5.71. The fraction of sp³-hybridized carbons (Fsp3) is 0.677. The molecule has 3 fully saturated rings. The zero-order valence-corrected chi connectivity index (χ0v) is 25.3. The molecule has 0 radical (unpaired) electrons. The van der Waals surface area contributed by atoms with Crippen LogP contribution >= 0.6 is 35.0 Å². The van der Waals surface area contributed by atoms with Crippen LogP contribution in [0.5, 0.6) is 0 Å². The van der Waals surface area contributed by atoms with Crippen molar-refractivity contribution in [1.29, 1.82) is 0 Å². The number of alkyl halides is 2. The molecule has 1 aromatic rings. The second-order valence-electron chi connectivity index (χ2n) is 12.5. The van der Waals surface area contributed by atoms with Gasteiger partial charge in [0.15, 0.2) is 11.6 Å². The fourth-order valence-electron chi connectivity index (χ4n) is 8.75. The molecule has 5 nitrogen and oxygen atoms in total. The molecular formula is C31H41Cl2NO4S. The zero-order chi connectivity index (χ0) is 28.0. The zero-order valence-electron chi connectivity index (χ0n) is 23.0. The summed E-state index contributed by atoms with van der Waals surface area (Å²) in [6.07, 6.45) is 6.02. The number of hydrogen-bond acceptors (Lipinski definition) is 6. The third-order valence-electron chi connectivity index (χ3n) is 10.8. The Morgan fingerprint density at radius 2 is 1.77 bits per heavy atom. The van der Waals surface area contributed by atoms with Crippen LogP contribution in [0, 0.1) is 28.6 Å². The average Bonchev–Trinajstić information content (AvgIpc) is 3.18. The first-order valence-electron chi connectivity index (χ1n) is 14.3. The van der Waals surface area contributed by atoms with Crippen LogP contribution in [-0.4, -0.2) is 64.1 Å². The molecule has 8 heteroatoms. The number of carbonyl (C=O) groups excluding carboxylic acids is 2. The number of fused-ring (bicyclic) bond motifs is 5. The second-order valence-corrected chi connectivity index (χ2v) is 14.4. The van der Waals surface area contributed by atoms with Gasteiger partial charge in [0.2, 0.25) is 0 Å². The fourth-order valence-corrected chi connectivity index (χ4v) is 10.0. The second kappa shape index (κ2) is 11.3. The van der Waals surface area contributed by atoms with E-state index in [9.17, 15) is 19.8 Å². The summed E-state index contributed by atoms with van der Waals surface area (Å²) in [5.41, 5.74) is -0.0197. The van der Waals surface area contributed by atoms with Gasteiger partial charge in [-0.3, -0.25) is 9.59 Å². The van der Waals surface area contributed by atoms with E-state index in [1.807, 2.05) is 37.3 Å². The maximum absolute atomic E-state index is 13.7.